The van der Waals surface area contributed by atoms with Gasteiger partial charge in [-0.2, -0.15) is 0 Å². The quantitative estimate of drug-likeness (QED) is 0.327. The van der Waals surface area contributed by atoms with Crippen molar-refractivity contribution in [1.29, 1.82) is 0 Å². The summed E-state index contributed by atoms with van der Waals surface area (Å²) in [6.07, 6.45) is 9.76. The molecule has 1 fully saturated rings. The van der Waals surface area contributed by atoms with Gasteiger partial charge in [0.05, 0.1) is 11.7 Å². The van der Waals surface area contributed by atoms with Crippen LogP contribution in [0, 0.1) is 5.92 Å². The van der Waals surface area contributed by atoms with Crippen molar-refractivity contribution in [1.82, 2.24) is 0 Å². The zero-order chi connectivity index (χ0) is 15.0. The molecule has 0 aromatic rings. The van der Waals surface area contributed by atoms with E-state index in [0.29, 0.717) is 12.8 Å². The van der Waals surface area contributed by atoms with E-state index in [1.165, 1.54) is 0 Å². The first-order valence-electron chi connectivity index (χ1n) is 7.74. The fourth-order valence-electron chi connectivity index (χ4n) is 2.96. The number of carboxylic acids is 1. The monoisotopic (exact) mass is 306 g/mol. The van der Waals surface area contributed by atoms with Crippen LogP contribution in [-0.2, 0) is 4.79 Å². The van der Waals surface area contributed by atoms with E-state index < -0.39 is 17.7 Å². The third-order valence-corrected chi connectivity index (χ3v) is 4.04. The number of hydrogen-bond donors (Lipinski definition) is 2. The largest absolute Gasteiger partial charge is 1.00 e. The Morgan fingerprint density at radius 1 is 1.48 bits per heavy atom. The van der Waals surface area contributed by atoms with Crippen molar-refractivity contribution in [2.75, 3.05) is 0 Å². The van der Waals surface area contributed by atoms with Crippen LogP contribution in [0.1, 0.15) is 64.7 Å². The number of carbonyl (C=O) groups excluding carboxylic acids is 1. The molecule has 0 bridgehead atoms. The second-order valence-electron chi connectivity index (χ2n) is 6.08. The predicted molar refractivity (Wildman–Crippen MR) is 75.8 cm³/mol. The van der Waals surface area contributed by atoms with Gasteiger partial charge in [0.15, 0.2) is 0 Å². The minimum atomic E-state index is -1.20. The molecule has 1 rings (SSSR count). The first kappa shape index (κ1) is 21.1. The van der Waals surface area contributed by atoms with Crippen molar-refractivity contribution in [3.05, 3.63) is 12.2 Å². The molecule has 21 heavy (non-hydrogen) atoms. The van der Waals surface area contributed by atoms with Crippen LogP contribution in [0.4, 0.5) is 0 Å². The summed E-state index contributed by atoms with van der Waals surface area (Å²) in [5.74, 6) is -1.05. The Bertz CT molecular complexity index is 332. The van der Waals surface area contributed by atoms with Gasteiger partial charge in [-0.15, -0.1) is 0 Å². The summed E-state index contributed by atoms with van der Waals surface area (Å²) in [4.78, 5) is 10.7. The molecule has 0 heterocycles. The molecular weight excluding hydrogens is 279 g/mol. The van der Waals surface area contributed by atoms with Gasteiger partial charge in [-0.25, -0.2) is 0 Å². The molecule has 3 atom stereocenters. The topological polar surface area (TPSA) is 80.6 Å². The summed E-state index contributed by atoms with van der Waals surface area (Å²) in [5.41, 5.74) is -1.14. The Labute approximate surface area is 149 Å². The fraction of sp³-hybridized carbons (Fsp3) is 0.812. The van der Waals surface area contributed by atoms with Crippen LogP contribution in [0.5, 0.6) is 0 Å². The minimum Gasteiger partial charge on any atom is -0.550 e. The zero-order valence-electron chi connectivity index (χ0n) is 13.4. The molecule has 0 saturated heterocycles. The maximum Gasteiger partial charge on any atom is 1.00 e. The van der Waals surface area contributed by atoms with Crippen LogP contribution in [-0.4, -0.2) is 27.9 Å². The van der Waals surface area contributed by atoms with Gasteiger partial charge < -0.3 is 20.1 Å². The number of aliphatic hydroxyl groups excluding tert-OH is 1. The van der Waals surface area contributed by atoms with E-state index >= 15 is 0 Å². The minimum absolute atomic E-state index is 0. The third-order valence-electron chi connectivity index (χ3n) is 4.04. The zero-order valence-corrected chi connectivity index (χ0v) is 15.4. The molecule has 0 radical (unpaired) electrons. The molecule has 1 saturated carbocycles. The standard InChI is InChI=1S/C16H28O4.Na/c1-2-3-4-7-14(17)9-8-13-6-5-10-16(20,11-13)12-15(18)19;/h8-9,13-14,17,20H,2-7,10-12H2,1H3,(H,18,19);/q;+1/p-1/b9-8+;/t13-,14?,16-;/m0./s1. The van der Waals surface area contributed by atoms with Crippen molar-refractivity contribution in [2.24, 2.45) is 5.92 Å². The van der Waals surface area contributed by atoms with E-state index in [1.54, 1.807) is 6.08 Å². The van der Waals surface area contributed by atoms with Crippen LogP contribution in [0.25, 0.3) is 0 Å². The Kier molecular flexibility index (Phi) is 10.9. The first-order chi connectivity index (χ1) is 9.45. The van der Waals surface area contributed by atoms with Gasteiger partial charge in [-0.05, 0) is 38.0 Å². The van der Waals surface area contributed by atoms with E-state index in [2.05, 4.69) is 6.92 Å². The third kappa shape index (κ3) is 8.99. The number of aliphatic hydroxyl groups is 2. The molecular formula is C16H27NaO4. The van der Waals surface area contributed by atoms with Gasteiger partial charge in [0.1, 0.15) is 0 Å². The van der Waals surface area contributed by atoms with Crippen molar-refractivity contribution < 1.29 is 49.7 Å². The number of allylic oxidation sites excluding steroid dienone is 1. The molecule has 1 aliphatic carbocycles. The molecule has 1 unspecified atom stereocenters. The Morgan fingerprint density at radius 3 is 2.81 bits per heavy atom. The van der Waals surface area contributed by atoms with Crippen LogP contribution in [0.15, 0.2) is 12.2 Å². The first-order valence-corrected chi connectivity index (χ1v) is 7.74. The maximum absolute atomic E-state index is 10.7. The number of carbonyl (C=O) groups is 1. The number of unbranched alkanes of at least 4 members (excludes halogenated alkanes) is 2. The van der Waals surface area contributed by atoms with Gasteiger partial charge in [-0.3, -0.25) is 0 Å². The second-order valence-corrected chi connectivity index (χ2v) is 6.08. The maximum atomic E-state index is 10.7. The fourth-order valence-corrected chi connectivity index (χ4v) is 2.96. The van der Waals surface area contributed by atoms with Gasteiger partial charge in [-0.1, -0.05) is 38.3 Å². The molecule has 4 nitrogen and oxygen atoms in total. The summed E-state index contributed by atoms with van der Waals surface area (Å²) in [6.45, 7) is 2.13. The average molecular weight is 306 g/mol. The Balaban J connectivity index is 0.00000400. The van der Waals surface area contributed by atoms with Crippen LogP contribution in [0.3, 0.4) is 0 Å². The smallest absolute Gasteiger partial charge is 0.550 e. The Morgan fingerprint density at radius 2 is 2.19 bits per heavy atom. The van der Waals surface area contributed by atoms with E-state index in [4.69, 9.17) is 0 Å². The predicted octanol–water partition coefficient (Wildman–Crippen LogP) is -1.45. The normalized spacial score (nSPS) is 27.3. The second kappa shape index (κ2) is 10.8. The molecule has 1 aliphatic rings. The van der Waals surface area contributed by atoms with Crippen molar-refractivity contribution >= 4 is 5.97 Å². The van der Waals surface area contributed by atoms with Gasteiger partial charge >= 0.3 is 29.6 Å². The summed E-state index contributed by atoms with van der Waals surface area (Å²) in [7, 11) is 0. The number of rotatable bonds is 8. The molecule has 116 valence electrons. The molecule has 0 amide bonds. The SMILES string of the molecule is CCCCCC(O)/C=C/[C@@H]1CCC[C@@](O)(CC(=O)[O-])C1.[Na+]. The van der Waals surface area contributed by atoms with Gasteiger partial charge in [0.25, 0.3) is 0 Å². The number of aliphatic carboxylic acids is 1. The summed E-state index contributed by atoms with van der Waals surface area (Å²) < 4.78 is 0. The summed E-state index contributed by atoms with van der Waals surface area (Å²) in [6, 6.07) is 0. The number of carboxylic acid groups (broad SMARTS) is 1. The number of hydrogen-bond acceptors (Lipinski definition) is 4. The molecule has 2 N–H and O–H groups in total. The van der Waals surface area contributed by atoms with E-state index in [1.807, 2.05) is 6.08 Å². The summed E-state index contributed by atoms with van der Waals surface area (Å²) >= 11 is 0. The molecule has 0 aromatic heterocycles. The van der Waals surface area contributed by atoms with Crippen molar-refractivity contribution in [3.63, 3.8) is 0 Å². The van der Waals surface area contributed by atoms with Crippen LogP contribution >= 0.6 is 0 Å². The Hall–Kier alpha value is 0.130. The molecule has 0 aromatic carbocycles. The molecule has 0 spiro atoms. The van der Waals surface area contributed by atoms with E-state index in [-0.39, 0.29) is 41.9 Å². The molecule has 0 aliphatic heterocycles. The average Bonchev–Trinajstić information content (AvgIpc) is 2.35. The van der Waals surface area contributed by atoms with Crippen LogP contribution < -0.4 is 34.7 Å². The van der Waals surface area contributed by atoms with Gasteiger partial charge in [0.2, 0.25) is 0 Å². The van der Waals surface area contributed by atoms with Gasteiger partial charge in [0, 0.05) is 12.4 Å². The van der Waals surface area contributed by atoms with Crippen LogP contribution in [0.2, 0.25) is 0 Å². The van der Waals surface area contributed by atoms with E-state index in [0.717, 1.165) is 38.5 Å². The van der Waals surface area contributed by atoms with E-state index in [9.17, 15) is 20.1 Å². The van der Waals surface area contributed by atoms with Crippen molar-refractivity contribution in [3.8, 4) is 0 Å². The summed E-state index contributed by atoms with van der Waals surface area (Å²) in [5, 5.41) is 30.7. The molecule has 5 heteroatoms. The van der Waals surface area contributed by atoms with Crippen molar-refractivity contribution in [2.45, 2.75) is 76.4 Å².